The molecule has 0 saturated heterocycles. The molecule has 4 heteroatoms. The third-order valence-electron chi connectivity index (χ3n) is 3.18. The van der Waals surface area contributed by atoms with Gasteiger partial charge in [-0.15, -0.1) is 0 Å². The highest BCUT2D eigenvalue weighted by Gasteiger charge is 2.14. The van der Waals surface area contributed by atoms with Gasteiger partial charge in [0.1, 0.15) is 5.75 Å². The van der Waals surface area contributed by atoms with Crippen molar-refractivity contribution < 1.29 is 14.2 Å². The average molecular weight is 287 g/mol. The third-order valence-corrected chi connectivity index (χ3v) is 3.18. The van der Waals surface area contributed by atoms with E-state index in [1.165, 1.54) is 5.56 Å². The molecular weight excluding hydrogens is 266 g/mol. The van der Waals surface area contributed by atoms with Gasteiger partial charge in [0.15, 0.2) is 11.5 Å². The van der Waals surface area contributed by atoms with Crippen LogP contribution in [-0.4, -0.2) is 21.3 Å². The summed E-state index contributed by atoms with van der Waals surface area (Å²) in [5.74, 6) is 2.66. The van der Waals surface area contributed by atoms with Crippen LogP contribution in [0.5, 0.6) is 23.0 Å². The van der Waals surface area contributed by atoms with Crippen molar-refractivity contribution in [2.24, 2.45) is 0 Å². The Morgan fingerprint density at radius 2 is 1.62 bits per heavy atom. The molecule has 2 aromatic carbocycles. The number of rotatable bonds is 6. The lowest BCUT2D eigenvalue weighted by Gasteiger charge is -2.16. The normalized spacial score (nSPS) is 10.3. The van der Waals surface area contributed by atoms with Gasteiger partial charge in [-0.3, -0.25) is 0 Å². The summed E-state index contributed by atoms with van der Waals surface area (Å²) in [5, 5.41) is 3.15. The SMILES string of the molecule is CNCc1cc(C)ccc1Oc1c(OC)cccc1OC. The highest BCUT2D eigenvalue weighted by molar-refractivity contribution is 5.54. The van der Waals surface area contributed by atoms with Crippen LogP contribution in [0.25, 0.3) is 0 Å². The minimum atomic E-state index is 0.587. The van der Waals surface area contributed by atoms with E-state index in [0.717, 1.165) is 17.9 Å². The molecule has 0 aliphatic rings. The van der Waals surface area contributed by atoms with Crippen molar-refractivity contribution in [3.63, 3.8) is 0 Å². The second-order valence-corrected chi connectivity index (χ2v) is 4.74. The van der Waals surface area contributed by atoms with Crippen LogP contribution in [0.15, 0.2) is 36.4 Å². The first-order valence-corrected chi connectivity index (χ1v) is 6.82. The van der Waals surface area contributed by atoms with Crippen LogP contribution in [0.2, 0.25) is 0 Å². The Bertz CT molecular complexity index is 589. The number of aryl methyl sites for hydroxylation is 1. The molecule has 0 fully saturated rings. The number of ether oxygens (including phenoxy) is 3. The van der Waals surface area contributed by atoms with E-state index in [1.54, 1.807) is 14.2 Å². The quantitative estimate of drug-likeness (QED) is 0.882. The molecule has 0 aliphatic carbocycles. The maximum absolute atomic E-state index is 6.07. The molecule has 0 saturated carbocycles. The standard InChI is InChI=1S/C17H21NO3/c1-12-8-9-14(13(10-12)11-18-2)21-17-15(19-3)6-5-7-16(17)20-4/h5-10,18H,11H2,1-4H3. The first-order valence-electron chi connectivity index (χ1n) is 6.82. The summed E-state index contributed by atoms with van der Waals surface area (Å²) in [6, 6.07) is 11.7. The highest BCUT2D eigenvalue weighted by Crippen LogP contribution is 2.40. The van der Waals surface area contributed by atoms with Gasteiger partial charge in [-0.05, 0) is 32.2 Å². The zero-order valence-electron chi connectivity index (χ0n) is 12.9. The van der Waals surface area contributed by atoms with Crippen LogP contribution in [0.3, 0.4) is 0 Å². The van der Waals surface area contributed by atoms with Gasteiger partial charge >= 0.3 is 0 Å². The molecule has 0 radical (unpaired) electrons. The number of benzene rings is 2. The number of methoxy groups -OCH3 is 2. The molecule has 0 unspecified atom stereocenters. The molecule has 0 heterocycles. The molecule has 0 amide bonds. The van der Waals surface area contributed by atoms with Gasteiger partial charge < -0.3 is 19.5 Å². The average Bonchev–Trinajstić information content (AvgIpc) is 2.50. The fourth-order valence-corrected chi connectivity index (χ4v) is 2.16. The number of nitrogens with one attached hydrogen (secondary N) is 1. The molecule has 1 N–H and O–H groups in total. The Morgan fingerprint density at radius 1 is 0.952 bits per heavy atom. The van der Waals surface area contributed by atoms with Gasteiger partial charge in [0.05, 0.1) is 14.2 Å². The smallest absolute Gasteiger partial charge is 0.211 e. The van der Waals surface area contributed by atoms with E-state index in [0.29, 0.717) is 17.2 Å². The summed E-state index contributed by atoms with van der Waals surface area (Å²) in [7, 11) is 5.15. The van der Waals surface area contributed by atoms with Crippen molar-refractivity contribution in [2.45, 2.75) is 13.5 Å². The monoisotopic (exact) mass is 287 g/mol. The molecular formula is C17H21NO3. The summed E-state index contributed by atoms with van der Waals surface area (Å²) < 4.78 is 16.8. The largest absolute Gasteiger partial charge is 0.493 e. The first-order chi connectivity index (χ1) is 10.2. The lowest BCUT2D eigenvalue weighted by atomic mass is 10.1. The fraction of sp³-hybridized carbons (Fsp3) is 0.294. The van der Waals surface area contributed by atoms with Crippen molar-refractivity contribution >= 4 is 0 Å². The zero-order valence-corrected chi connectivity index (χ0v) is 12.9. The number of hydrogen-bond donors (Lipinski definition) is 1. The van der Waals surface area contributed by atoms with E-state index in [9.17, 15) is 0 Å². The summed E-state index contributed by atoms with van der Waals surface area (Å²) >= 11 is 0. The Balaban J connectivity index is 2.42. The topological polar surface area (TPSA) is 39.7 Å². The predicted octanol–water partition coefficient (Wildman–Crippen LogP) is 3.52. The first kappa shape index (κ1) is 15.2. The molecule has 0 aromatic heterocycles. The molecule has 0 aliphatic heterocycles. The third kappa shape index (κ3) is 3.47. The lowest BCUT2D eigenvalue weighted by Crippen LogP contribution is -2.07. The number of para-hydroxylation sites is 1. The van der Waals surface area contributed by atoms with Crippen LogP contribution in [0.1, 0.15) is 11.1 Å². The Labute approximate surface area is 125 Å². The van der Waals surface area contributed by atoms with E-state index in [-0.39, 0.29) is 0 Å². The minimum absolute atomic E-state index is 0.587. The maximum Gasteiger partial charge on any atom is 0.211 e. The van der Waals surface area contributed by atoms with Crippen LogP contribution < -0.4 is 19.5 Å². The van der Waals surface area contributed by atoms with E-state index in [2.05, 4.69) is 18.3 Å². The highest BCUT2D eigenvalue weighted by atomic mass is 16.5. The van der Waals surface area contributed by atoms with Crippen LogP contribution in [-0.2, 0) is 6.54 Å². The van der Waals surface area contributed by atoms with Gasteiger partial charge in [-0.25, -0.2) is 0 Å². The Morgan fingerprint density at radius 3 is 2.19 bits per heavy atom. The minimum Gasteiger partial charge on any atom is -0.493 e. The Kier molecular flexibility index (Phi) is 5.06. The van der Waals surface area contributed by atoms with Crippen molar-refractivity contribution in [1.29, 1.82) is 0 Å². The summed E-state index contributed by atoms with van der Waals surface area (Å²) in [5.41, 5.74) is 2.28. The lowest BCUT2D eigenvalue weighted by molar-refractivity contribution is 0.345. The molecule has 0 spiro atoms. The van der Waals surface area contributed by atoms with Crippen LogP contribution in [0, 0.1) is 6.92 Å². The van der Waals surface area contributed by atoms with E-state index in [1.807, 2.05) is 37.4 Å². The van der Waals surface area contributed by atoms with Crippen molar-refractivity contribution in [1.82, 2.24) is 5.32 Å². The van der Waals surface area contributed by atoms with Crippen molar-refractivity contribution in [2.75, 3.05) is 21.3 Å². The molecule has 2 aromatic rings. The van der Waals surface area contributed by atoms with Crippen molar-refractivity contribution in [3.05, 3.63) is 47.5 Å². The van der Waals surface area contributed by atoms with Gasteiger partial charge in [-0.2, -0.15) is 0 Å². The van der Waals surface area contributed by atoms with Crippen molar-refractivity contribution in [3.8, 4) is 23.0 Å². The van der Waals surface area contributed by atoms with Gasteiger partial charge in [0.25, 0.3) is 0 Å². The zero-order chi connectivity index (χ0) is 15.2. The van der Waals surface area contributed by atoms with E-state index < -0.39 is 0 Å². The summed E-state index contributed by atoms with van der Waals surface area (Å²) in [6.07, 6.45) is 0. The maximum atomic E-state index is 6.07. The molecule has 21 heavy (non-hydrogen) atoms. The van der Waals surface area contributed by atoms with E-state index >= 15 is 0 Å². The van der Waals surface area contributed by atoms with Crippen LogP contribution >= 0.6 is 0 Å². The van der Waals surface area contributed by atoms with Gasteiger partial charge in [0.2, 0.25) is 5.75 Å². The van der Waals surface area contributed by atoms with Crippen LogP contribution in [0.4, 0.5) is 0 Å². The second kappa shape index (κ2) is 6.99. The second-order valence-electron chi connectivity index (χ2n) is 4.74. The predicted molar refractivity (Wildman–Crippen MR) is 83.6 cm³/mol. The summed E-state index contributed by atoms with van der Waals surface area (Å²) in [6.45, 7) is 2.79. The Hall–Kier alpha value is -2.20. The summed E-state index contributed by atoms with van der Waals surface area (Å²) in [4.78, 5) is 0. The molecule has 2 rings (SSSR count). The van der Waals surface area contributed by atoms with Gasteiger partial charge in [-0.1, -0.05) is 23.8 Å². The van der Waals surface area contributed by atoms with Gasteiger partial charge in [0, 0.05) is 12.1 Å². The molecule has 0 atom stereocenters. The van der Waals surface area contributed by atoms with E-state index in [4.69, 9.17) is 14.2 Å². The molecule has 112 valence electrons. The fourth-order valence-electron chi connectivity index (χ4n) is 2.16. The number of hydrogen-bond acceptors (Lipinski definition) is 4. The molecule has 0 bridgehead atoms. The molecule has 4 nitrogen and oxygen atoms in total.